The molecule has 1 rings (SSSR count). The summed E-state index contributed by atoms with van der Waals surface area (Å²) in [5.41, 5.74) is 1.88. The lowest BCUT2D eigenvalue weighted by atomic mass is 9.99. The summed E-state index contributed by atoms with van der Waals surface area (Å²) in [6.07, 6.45) is -0.296. The van der Waals surface area contributed by atoms with Gasteiger partial charge >= 0.3 is 0 Å². The molecule has 1 atom stereocenters. The van der Waals surface area contributed by atoms with Gasteiger partial charge in [0, 0.05) is 5.57 Å². The normalized spacial score (nSPS) is 12.2. The Balaban J connectivity index is 3.01. The van der Waals surface area contributed by atoms with E-state index in [9.17, 15) is 9.90 Å². The standard InChI is InChI=1S/C11H12O2/c1-8-5-3-4-6-10(8)11(13)9(2)7-12/h3-7,11,13H,2H2,1H3. The topological polar surface area (TPSA) is 37.3 Å². The van der Waals surface area contributed by atoms with Gasteiger partial charge in [0.15, 0.2) is 0 Å². The van der Waals surface area contributed by atoms with Gasteiger partial charge in [0.05, 0.1) is 0 Å². The van der Waals surface area contributed by atoms with Gasteiger partial charge in [-0.2, -0.15) is 0 Å². The number of benzene rings is 1. The number of carbonyl (C=O) groups is 1. The molecule has 0 amide bonds. The van der Waals surface area contributed by atoms with E-state index in [0.717, 1.165) is 11.1 Å². The van der Waals surface area contributed by atoms with E-state index in [0.29, 0.717) is 6.29 Å². The van der Waals surface area contributed by atoms with Crippen LogP contribution in [0, 0.1) is 6.92 Å². The van der Waals surface area contributed by atoms with Crippen molar-refractivity contribution in [2.45, 2.75) is 13.0 Å². The van der Waals surface area contributed by atoms with Crippen molar-refractivity contribution in [3.05, 3.63) is 47.5 Å². The Hall–Kier alpha value is -1.41. The van der Waals surface area contributed by atoms with E-state index in [-0.39, 0.29) is 5.57 Å². The van der Waals surface area contributed by atoms with Crippen LogP contribution in [0.15, 0.2) is 36.4 Å². The van der Waals surface area contributed by atoms with Gasteiger partial charge in [-0.1, -0.05) is 30.8 Å². The van der Waals surface area contributed by atoms with Crippen LogP contribution in [0.1, 0.15) is 17.2 Å². The quantitative estimate of drug-likeness (QED) is 0.563. The molecule has 0 heterocycles. The summed E-state index contributed by atoms with van der Waals surface area (Å²) in [7, 11) is 0. The summed E-state index contributed by atoms with van der Waals surface area (Å²) in [5, 5.41) is 9.64. The number of hydrogen-bond donors (Lipinski definition) is 1. The van der Waals surface area contributed by atoms with Crippen molar-refractivity contribution in [2.24, 2.45) is 0 Å². The number of aryl methyl sites for hydroxylation is 1. The van der Waals surface area contributed by atoms with E-state index < -0.39 is 6.10 Å². The molecule has 68 valence electrons. The highest BCUT2D eigenvalue weighted by molar-refractivity contribution is 5.74. The first kappa shape index (κ1) is 9.68. The summed E-state index contributed by atoms with van der Waals surface area (Å²) in [6.45, 7) is 5.36. The molecule has 1 N–H and O–H groups in total. The molecular formula is C11H12O2. The van der Waals surface area contributed by atoms with Crippen molar-refractivity contribution in [3.8, 4) is 0 Å². The Labute approximate surface area is 77.5 Å². The zero-order chi connectivity index (χ0) is 9.84. The minimum atomic E-state index is -0.876. The lowest BCUT2D eigenvalue weighted by Crippen LogP contribution is -2.03. The molecule has 2 heteroatoms. The lowest BCUT2D eigenvalue weighted by molar-refractivity contribution is -0.105. The molecule has 0 aliphatic rings. The molecule has 0 spiro atoms. The molecular weight excluding hydrogens is 164 g/mol. The van der Waals surface area contributed by atoms with Gasteiger partial charge in [0.25, 0.3) is 0 Å². The fraction of sp³-hybridized carbons (Fsp3) is 0.182. The van der Waals surface area contributed by atoms with Crippen molar-refractivity contribution in [1.82, 2.24) is 0 Å². The smallest absolute Gasteiger partial charge is 0.148 e. The maximum atomic E-state index is 10.4. The third kappa shape index (κ3) is 2.04. The molecule has 0 aliphatic carbocycles. The number of carbonyl (C=O) groups excluding carboxylic acids is 1. The van der Waals surface area contributed by atoms with Gasteiger partial charge in [0.1, 0.15) is 12.4 Å². The Morgan fingerprint density at radius 2 is 2.15 bits per heavy atom. The Bertz CT molecular complexity index is 329. The molecule has 0 saturated heterocycles. The number of rotatable bonds is 3. The monoisotopic (exact) mass is 176 g/mol. The second kappa shape index (κ2) is 4.01. The number of aliphatic hydroxyl groups excluding tert-OH is 1. The van der Waals surface area contributed by atoms with Gasteiger partial charge in [-0.15, -0.1) is 0 Å². The van der Waals surface area contributed by atoms with Crippen LogP contribution < -0.4 is 0 Å². The highest BCUT2D eigenvalue weighted by atomic mass is 16.3. The van der Waals surface area contributed by atoms with E-state index in [2.05, 4.69) is 6.58 Å². The molecule has 13 heavy (non-hydrogen) atoms. The third-order valence-corrected chi connectivity index (χ3v) is 1.99. The maximum absolute atomic E-state index is 10.4. The second-order valence-corrected chi connectivity index (χ2v) is 2.95. The van der Waals surface area contributed by atoms with Crippen LogP contribution in [0.4, 0.5) is 0 Å². The molecule has 0 radical (unpaired) electrons. The minimum Gasteiger partial charge on any atom is -0.384 e. The van der Waals surface area contributed by atoms with Crippen LogP contribution in [0.5, 0.6) is 0 Å². The predicted octanol–water partition coefficient (Wildman–Crippen LogP) is 1.78. The largest absolute Gasteiger partial charge is 0.384 e. The summed E-state index contributed by atoms with van der Waals surface area (Å²) >= 11 is 0. The summed E-state index contributed by atoms with van der Waals surface area (Å²) < 4.78 is 0. The summed E-state index contributed by atoms with van der Waals surface area (Å²) in [4.78, 5) is 10.4. The van der Waals surface area contributed by atoms with Crippen molar-refractivity contribution < 1.29 is 9.90 Å². The van der Waals surface area contributed by atoms with Crippen molar-refractivity contribution in [1.29, 1.82) is 0 Å². The highest BCUT2D eigenvalue weighted by Crippen LogP contribution is 2.21. The lowest BCUT2D eigenvalue weighted by Gasteiger charge is -2.11. The van der Waals surface area contributed by atoms with E-state index >= 15 is 0 Å². The zero-order valence-corrected chi connectivity index (χ0v) is 7.53. The number of aldehydes is 1. The zero-order valence-electron chi connectivity index (χ0n) is 7.53. The molecule has 1 unspecified atom stereocenters. The average Bonchev–Trinajstić information content (AvgIpc) is 2.16. The van der Waals surface area contributed by atoms with Crippen LogP contribution in [0.2, 0.25) is 0 Å². The first-order chi connectivity index (χ1) is 6.16. The molecule has 1 aromatic carbocycles. The van der Waals surface area contributed by atoms with Crippen molar-refractivity contribution in [3.63, 3.8) is 0 Å². The van der Waals surface area contributed by atoms with Crippen LogP contribution in [-0.4, -0.2) is 11.4 Å². The van der Waals surface area contributed by atoms with Crippen LogP contribution in [0.25, 0.3) is 0 Å². The minimum absolute atomic E-state index is 0.189. The predicted molar refractivity (Wildman–Crippen MR) is 51.3 cm³/mol. The van der Waals surface area contributed by atoms with Gasteiger partial charge in [0.2, 0.25) is 0 Å². The number of hydrogen-bond acceptors (Lipinski definition) is 2. The molecule has 0 aromatic heterocycles. The molecule has 0 fully saturated rings. The highest BCUT2D eigenvalue weighted by Gasteiger charge is 2.11. The van der Waals surface area contributed by atoms with Gasteiger partial charge < -0.3 is 5.11 Å². The Morgan fingerprint density at radius 1 is 1.54 bits per heavy atom. The first-order valence-corrected chi connectivity index (χ1v) is 4.04. The van der Waals surface area contributed by atoms with E-state index in [4.69, 9.17) is 0 Å². The fourth-order valence-electron chi connectivity index (χ4n) is 1.16. The van der Waals surface area contributed by atoms with Gasteiger partial charge in [-0.05, 0) is 18.1 Å². The third-order valence-electron chi connectivity index (χ3n) is 1.99. The molecule has 0 bridgehead atoms. The van der Waals surface area contributed by atoms with Gasteiger partial charge in [-0.25, -0.2) is 0 Å². The van der Waals surface area contributed by atoms with Gasteiger partial charge in [-0.3, -0.25) is 4.79 Å². The van der Waals surface area contributed by atoms with Crippen molar-refractivity contribution >= 4 is 6.29 Å². The van der Waals surface area contributed by atoms with E-state index in [1.165, 1.54) is 0 Å². The Kier molecular flexibility index (Phi) is 2.98. The first-order valence-electron chi connectivity index (χ1n) is 4.04. The summed E-state index contributed by atoms with van der Waals surface area (Å²) in [6, 6.07) is 7.38. The fourth-order valence-corrected chi connectivity index (χ4v) is 1.16. The Morgan fingerprint density at radius 3 is 2.69 bits per heavy atom. The number of aliphatic hydroxyl groups is 1. The maximum Gasteiger partial charge on any atom is 0.148 e. The molecule has 0 saturated carbocycles. The summed E-state index contributed by atoms with van der Waals surface area (Å²) in [5.74, 6) is 0. The average molecular weight is 176 g/mol. The molecule has 0 aliphatic heterocycles. The molecule has 1 aromatic rings. The van der Waals surface area contributed by atoms with Crippen molar-refractivity contribution in [2.75, 3.05) is 0 Å². The van der Waals surface area contributed by atoms with Crippen LogP contribution in [0.3, 0.4) is 0 Å². The molecule has 2 nitrogen and oxygen atoms in total. The van der Waals surface area contributed by atoms with Crippen LogP contribution in [-0.2, 0) is 4.79 Å². The SMILES string of the molecule is C=C(C=O)C(O)c1ccccc1C. The van der Waals surface area contributed by atoms with E-state index in [1.54, 1.807) is 6.07 Å². The second-order valence-electron chi connectivity index (χ2n) is 2.95. The van der Waals surface area contributed by atoms with E-state index in [1.807, 2.05) is 25.1 Å². The van der Waals surface area contributed by atoms with Crippen LogP contribution >= 0.6 is 0 Å².